The molecule has 1 unspecified atom stereocenters. The highest BCUT2D eigenvalue weighted by molar-refractivity contribution is 6.03. The number of anilines is 1. The van der Waals surface area contributed by atoms with Gasteiger partial charge in [-0.05, 0) is 62.3 Å². The van der Waals surface area contributed by atoms with E-state index in [0.29, 0.717) is 13.0 Å². The summed E-state index contributed by atoms with van der Waals surface area (Å²) in [6.07, 6.45) is 1.41. The van der Waals surface area contributed by atoms with Gasteiger partial charge in [0.15, 0.2) is 5.78 Å². The number of carbonyl (C=O) groups is 1. The Morgan fingerprint density at radius 2 is 1.62 bits per heavy atom. The summed E-state index contributed by atoms with van der Waals surface area (Å²) in [6, 6.07) is 16.3. The van der Waals surface area contributed by atoms with E-state index in [2.05, 4.69) is 41.0 Å². The number of benzene rings is 2. The molecule has 3 rings (SSSR count). The van der Waals surface area contributed by atoms with Crippen LogP contribution in [0, 0.1) is 0 Å². The zero-order valence-corrected chi connectivity index (χ0v) is 17.9. The number of ketones is 1. The van der Waals surface area contributed by atoms with E-state index in [9.17, 15) is 4.79 Å². The number of nitrogens with zero attached hydrogens (tertiary/aromatic N) is 2. The molecule has 29 heavy (non-hydrogen) atoms. The summed E-state index contributed by atoms with van der Waals surface area (Å²) in [6.45, 7) is 5.91. The number of Topliss-reactive ketones (excluding diaryl/α,β-unsaturated/α-hetero) is 1. The minimum Gasteiger partial charge on any atom is -0.378 e. The second-order valence-electron chi connectivity index (χ2n) is 7.95. The van der Waals surface area contributed by atoms with Crippen LogP contribution in [-0.4, -0.2) is 56.6 Å². The monoisotopic (exact) mass is 395 g/mol. The average Bonchev–Trinajstić information content (AvgIpc) is 2.78. The van der Waals surface area contributed by atoms with Gasteiger partial charge in [-0.2, -0.15) is 0 Å². The van der Waals surface area contributed by atoms with E-state index in [4.69, 9.17) is 10.5 Å². The van der Waals surface area contributed by atoms with Crippen LogP contribution in [0.3, 0.4) is 0 Å². The molecule has 0 amide bonds. The van der Waals surface area contributed by atoms with Gasteiger partial charge in [0.2, 0.25) is 0 Å². The van der Waals surface area contributed by atoms with Gasteiger partial charge in [0.05, 0.1) is 18.8 Å². The van der Waals surface area contributed by atoms with Gasteiger partial charge in [-0.1, -0.05) is 31.2 Å². The fourth-order valence-corrected chi connectivity index (χ4v) is 4.09. The maximum atomic E-state index is 13.7. The van der Waals surface area contributed by atoms with E-state index in [1.165, 1.54) is 0 Å². The third kappa shape index (κ3) is 4.69. The molecule has 1 aliphatic rings. The largest absolute Gasteiger partial charge is 0.378 e. The van der Waals surface area contributed by atoms with Crippen LogP contribution in [0.25, 0.3) is 0 Å². The number of hydrogen-bond donors (Lipinski definition) is 1. The Kier molecular flexibility index (Phi) is 7.06. The summed E-state index contributed by atoms with van der Waals surface area (Å²) in [5.74, 6) is 0.168. The standard InChI is InChI=1S/C24H33N3O2/c1-4-24(26(2)3,17-19-5-7-20(18-25)8-6-19)23(28)21-9-11-22(12-10-21)27-13-15-29-16-14-27/h5-12H,4,13-18,25H2,1-3H3. The molecule has 156 valence electrons. The third-order valence-electron chi connectivity index (χ3n) is 6.12. The maximum Gasteiger partial charge on any atom is 0.183 e. The molecule has 2 aromatic rings. The van der Waals surface area contributed by atoms with Crippen molar-refractivity contribution in [2.75, 3.05) is 45.3 Å². The third-order valence-corrected chi connectivity index (χ3v) is 6.12. The predicted molar refractivity (Wildman–Crippen MR) is 119 cm³/mol. The van der Waals surface area contributed by atoms with Crippen LogP contribution in [0.2, 0.25) is 0 Å². The quantitative estimate of drug-likeness (QED) is 0.696. The number of carbonyl (C=O) groups excluding carboxylic acids is 1. The van der Waals surface area contributed by atoms with Gasteiger partial charge >= 0.3 is 0 Å². The molecule has 1 aliphatic heterocycles. The molecule has 0 saturated carbocycles. The lowest BCUT2D eigenvalue weighted by Crippen LogP contribution is -2.52. The summed E-state index contributed by atoms with van der Waals surface area (Å²) in [5, 5.41) is 0. The summed E-state index contributed by atoms with van der Waals surface area (Å²) in [7, 11) is 4.00. The van der Waals surface area contributed by atoms with Crippen LogP contribution in [0.15, 0.2) is 48.5 Å². The van der Waals surface area contributed by atoms with Crippen LogP contribution in [0.5, 0.6) is 0 Å². The smallest absolute Gasteiger partial charge is 0.183 e. The van der Waals surface area contributed by atoms with Gasteiger partial charge in [-0.3, -0.25) is 9.69 Å². The Bertz CT molecular complexity index is 796. The highest BCUT2D eigenvalue weighted by atomic mass is 16.5. The predicted octanol–water partition coefficient (Wildman–Crippen LogP) is 3.12. The van der Waals surface area contributed by atoms with Gasteiger partial charge in [0, 0.05) is 30.9 Å². The number of ether oxygens (including phenoxy) is 1. The molecular formula is C24H33N3O2. The topological polar surface area (TPSA) is 58.8 Å². The van der Waals surface area contributed by atoms with Crippen molar-refractivity contribution in [1.29, 1.82) is 0 Å². The molecule has 1 atom stereocenters. The molecule has 5 nitrogen and oxygen atoms in total. The van der Waals surface area contributed by atoms with Crippen molar-refractivity contribution in [2.45, 2.75) is 31.8 Å². The Labute approximate surface area is 174 Å². The zero-order valence-electron chi connectivity index (χ0n) is 17.9. The molecule has 1 fully saturated rings. The molecule has 0 aromatic heterocycles. The SMILES string of the molecule is CCC(Cc1ccc(CN)cc1)(C(=O)c1ccc(N2CCOCC2)cc1)N(C)C. The van der Waals surface area contributed by atoms with Crippen LogP contribution in [0.4, 0.5) is 5.69 Å². The normalized spacial score (nSPS) is 16.7. The fourth-order valence-electron chi connectivity index (χ4n) is 4.09. The van der Waals surface area contributed by atoms with E-state index < -0.39 is 5.54 Å². The van der Waals surface area contributed by atoms with Crippen molar-refractivity contribution >= 4 is 11.5 Å². The summed E-state index contributed by atoms with van der Waals surface area (Å²) < 4.78 is 5.43. The van der Waals surface area contributed by atoms with Crippen LogP contribution >= 0.6 is 0 Å². The molecule has 0 aliphatic carbocycles. The molecule has 5 heteroatoms. The first-order valence-electron chi connectivity index (χ1n) is 10.4. The Morgan fingerprint density at radius 3 is 2.14 bits per heavy atom. The first kappa shape index (κ1) is 21.5. The molecule has 2 aromatic carbocycles. The van der Waals surface area contributed by atoms with Gasteiger partial charge < -0.3 is 15.4 Å². The summed E-state index contributed by atoms with van der Waals surface area (Å²) in [5.41, 5.74) is 9.30. The minimum atomic E-state index is -0.579. The number of rotatable bonds is 8. The highest BCUT2D eigenvalue weighted by Crippen LogP contribution is 2.29. The van der Waals surface area contributed by atoms with Gasteiger partial charge in [-0.25, -0.2) is 0 Å². The number of hydrogen-bond acceptors (Lipinski definition) is 5. The first-order valence-corrected chi connectivity index (χ1v) is 10.4. The minimum absolute atomic E-state index is 0.168. The van der Waals surface area contributed by atoms with Gasteiger partial charge in [-0.15, -0.1) is 0 Å². The number of morpholine rings is 1. The molecule has 1 heterocycles. The maximum absolute atomic E-state index is 13.7. The van der Waals surface area contributed by atoms with E-state index in [1.807, 2.05) is 38.4 Å². The van der Waals surface area contributed by atoms with E-state index in [0.717, 1.165) is 55.1 Å². The van der Waals surface area contributed by atoms with E-state index >= 15 is 0 Å². The zero-order chi connectivity index (χ0) is 20.9. The summed E-state index contributed by atoms with van der Waals surface area (Å²) in [4.78, 5) is 18.0. The Hall–Kier alpha value is -2.21. The average molecular weight is 396 g/mol. The molecule has 1 saturated heterocycles. The number of likely N-dealkylation sites (N-methyl/N-ethyl adjacent to an activating group) is 1. The lowest BCUT2D eigenvalue weighted by Gasteiger charge is -2.38. The van der Waals surface area contributed by atoms with Gasteiger partial charge in [0.1, 0.15) is 0 Å². The van der Waals surface area contributed by atoms with Crippen molar-refractivity contribution < 1.29 is 9.53 Å². The van der Waals surface area contributed by atoms with Crippen LogP contribution in [-0.2, 0) is 17.7 Å². The summed E-state index contributed by atoms with van der Waals surface area (Å²) >= 11 is 0. The van der Waals surface area contributed by atoms with E-state index in [1.54, 1.807) is 0 Å². The molecule has 0 spiro atoms. The van der Waals surface area contributed by atoms with Crippen molar-refractivity contribution in [3.8, 4) is 0 Å². The number of nitrogens with two attached hydrogens (primary N) is 1. The van der Waals surface area contributed by atoms with E-state index in [-0.39, 0.29) is 5.78 Å². The van der Waals surface area contributed by atoms with Crippen molar-refractivity contribution in [1.82, 2.24) is 4.90 Å². The van der Waals surface area contributed by atoms with Crippen molar-refractivity contribution in [2.24, 2.45) is 5.73 Å². The Balaban J connectivity index is 1.84. The molecule has 2 N–H and O–H groups in total. The first-order chi connectivity index (χ1) is 14.0. The second-order valence-corrected chi connectivity index (χ2v) is 7.95. The molecule has 0 bridgehead atoms. The van der Waals surface area contributed by atoms with Crippen molar-refractivity contribution in [3.05, 3.63) is 65.2 Å². The fraction of sp³-hybridized carbons (Fsp3) is 0.458. The Morgan fingerprint density at radius 1 is 1.03 bits per heavy atom. The van der Waals surface area contributed by atoms with Gasteiger partial charge in [0.25, 0.3) is 0 Å². The lowest BCUT2D eigenvalue weighted by molar-refractivity contribution is 0.0666. The van der Waals surface area contributed by atoms with Crippen LogP contribution in [0.1, 0.15) is 34.8 Å². The highest BCUT2D eigenvalue weighted by Gasteiger charge is 2.39. The lowest BCUT2D eigenvalue weighted by atomic mass is 9.80. The second kappa shape index (κ2) is 9.53. The van der Waals surface area contributed by atoms with Crippen LogP contribution < -0.4 is 10.6 Å². The molecular weight excluding hydrogens is 362 g/mol. The van der Waals surface area contributed by atoms with Crippen molar-refractivity contribution in [3.63, 3.8) is 0 Å². The molecule has 0 radical (unpaired) electrons.